The van der Waals surface area contributed by atoms with E-state index in [0.717, 1.165) is 22.3 Å². The van der Waals surface area contributed by atoms with Crippen molar-refractivity contribution < 1.29 is 0 Å². The summed E-state index contributed by atoms with van der Waals surface area (Å²) < 4.78 is 5.31. The molecule has 5 heteroatoms. The number of hydrogen-bond acceptors (Lipinski definition) is 5. The number of aromatic nitrogens is 2. The number of rotatable bonds is 4. The third kappa shape index (κ3) is 3.20. The molecule has 90 valence electrons. The summed E-state index contributed by atoms with van der Waals surface area (Å²) in [5.41, 5.74) is 7.81. The lowest BCUT2D eigenvalue weighted by molar-refractivity contribution is 0.968. The lowest BCUT2D eigenvalue weighted by Gasteiger charge is -2.09. The Hall–Kier alpha value is -1.07. The Morgan fingerprint density at radius 3 is 2.94 bits per heavy atom. The lowest BCUT2D eigenvalue weighted by Crippen LogP contribution is -1.91. The summed E-state index contributed by atoms with van der Waals surface area (Å²) in [5.74, 6) is 0.928. The zero-order chi connectivity index (χ0) is 12.3. The van der Waals surface area contributed by atoms with E-state index in [2.05, 4.69) is 29.3 Å². The normalized spacial score (nSPS) is 12.6. The molecule has 1 unspecified atom stereocenters. The molecule has 3 nitrogen and oxygen atoms in total. The molecule has 2 N–H and O–H groups in total. The minimum Gasteiger partial charge on any atom is -0.399 e. The highest BCUT2D eigenvalue weighted by atomic mass is 32.2. The van der Waals surface area contributed by atoms with E-state index >= 15 is 0 Å². The molecule has 0 aliphatic heterocycles. The van der Waals surface area contributed by atoms with Crippen molar-refractivity contribution in [2.45, 2.75) is 29.9 Å². The van der Waals surface area contributed by atoms with Gasteiger partial charge < -0.3 is 5.73 Å². The Kier molecular flexibility index (Phi) is 4.02. The van der Waals surface area contributed by atoms with Crippen LogP contribution in [0.15, 0.2) is 28.6 Å². The van der Waals surface area contributed by atoms with Gasteiger partial charge in [0.15, 0.2) is 4.34 Å². The molecule has 1 aromatic carbocycles. The monoisotopic (exact) mass is 265 g/mol. The van der Waals surface area contributed by atoms with Gasteiger partial charge in [-0.1, -0.05) is 30.8 Å². The molecule has 0 aliphatic carbocycles. The fraction of sp³-hybridized carbons (Fsp3) is 0.333. The Morgan fingerprint density at radius 2 is 2.29 bits per heavy atom. The fourth-order valence-electron chi connectivity index (χ4n) is 1.46. The molecule has 0 radical (unpaired) electrons. The summed E-state index contributed by atoms with van der Waals surface area (Å²) in [6, 6.07) is 8.00. The van der Waals surface area contributed by atoms with Gasteiger partial charge in [0.25, 0.3) is 0 Å². The summed E-state index contributed by atoms with van der Waals surface area (Å²) in [4.78, 5) is 4.46. The van der Waals surface area contributed by atoms with Crippen LogP contribution in [-0.4, -0.2) is 9.36 Å². The standard InChI is InChI=1S/C12H15N3S2/c1-3-11-14-12(17-15-11)16-8(2)9-5-4-6-10(13)7-9/h4-8H,3,13H2,1-2H3. The number of hydrogen-bond donors (Lipinski definition) is 1. The molecule has 2 aromatic rings. The molecule has 1 heterocycles. The summed E-state index contributed by atoms with van der Waals surface area (Å²) in [6.45, 7) is 4.23. The van der Waals surface area contributed by atoms with E-state index in [0.29, 0.717) is 5.25 Å². The molecule has 0 bridgehead atoms. The van der Waals surface area contributed by atoms with Gasteiger partial charge in [0.1, 0.15) is 5.82 Å². The van der Waals surface area contributed by atoms with E-state index in [9.17, 15) is 0 Å². The molecule has 2 rings (SSSR count). The summed E-state index contributed by atoms with van der Waals surface area (Å²) in [6.07, 6.45) is 0.893. The van der Waals surface area contributed by atoms with Crippen molar-refractivity contribution >= 4 is 29.0 Å². The molecule has 0 fully saturated rings. The van der Waals surface area contributed by atoms with Crippen LogP contribution in [0.5, 0.6) is 0 Å². The van der Waals surface area contributed by atoms with Crippen molar-refractivity contribution in [2.75, 3.05) is 5.73 Å². The first kappa shape index (κ1) is 12.4. The third-order valence-electron chi connectivity index (χ3n) is 2.42. The highest BCUT2D eigenvalue weighted by Gasteiger charge is 2.11. The van der Waals surface area contributed by atoms with Crippen LogP contribution in [-0.2, 0) is 6.42 Å². The third-order valence-corrected chi connectivity index (χ3v) is 4.40. The zero-order valence-electron chi connectivity index (χ0n) is 9.88. The van der Waals surface area contributed by atoms with Crippen LogP contribution < -0.4 is 5.73 Å². The van der Waals surface area contributed by atoms with Gasteiger partial charge >= 0.3 is 0 Å². The van der Waals surface area contributed by atoms with E-state index in [1.807, 2.05) is 18.2 Å². The summed E-state index contributed by atoms with van der Waals surface area (Å²) in [5, 5.41) is 0.344. The van der Waals surface area contributed by atoms with E-state index in [-0.39, 0.29) is 0 Å². The number of benzene rings is 1. The first-order valence-electron chi connectivity index (χ1n) is 5.53. The van der Waals surface area contributed by atoms with Crippen molar-refractivity contribution in [2.24, 2.45) is 0 Å². The maximum atomic E-state index is 5.78. The lowest BCUT2D eigenvalue weighted by atomic mass is 10.1. The van der Waals surface area contributed by atoms with E-state index < -0.39 is 0 Å². The second kappa shape index (κ2) is 5.51. The average Bonchev–Trinajstić information content (AvgIpc) is 2.77. The predicted molar refractivity (Wildman–Crippen MR) is 74.4 cm³/mol. The minimum atomic E-state index is 0.344. The molecular weight excluding hydrogens is 250 g/mol. The topological polar surface area (TPSA) is 51.8 Å². The average molecular weight is 265 g/mol. The van der Waals surface area contributed by atoms with Gasteiger partial charge in [0.05, 0.1) is 0 Å². The van der Waals surface area contributed by atoms with Gasteiger partial charge in [-0.25, -0.2) is 4.98 Å². The smallest absolute Gasteiger partial charge is 0.170 e. The van der Waals surface area contributed by atoms with Crippen LogP contribution in [0.25, 0.3) is 0 Å². The Balaban J connectivity index is 2.08. The maximum Gasteiger partial charge on any atom is 0.170 e. The molecule has 17 heavy (non-hydrogen) atoms. The van der Waals surface area contributed by atoms with Gasteiger partial charge in [0, 0.05) is 17.4 Å². The number of nitrogens with two attached hydrogens (primary N) is 1. The van der Waals surface area contributed by atoms with E-state index in [1.54, 1.807) is 11.8 Å². The van der Waals surface area contributed by atoms with Gasteiger partial charge in [-0.2, -0.15) is 4.37 Å². The molecular formula is C12H15N3S2. The van der Waals surface area contributed by atoms with Crippen LogP contribution in [0.4, 0.5) is 5.69 Å². The largest absolute Gasteiger partial charge is 0.399 e. The summed E-state index contributed by atoms with van der Waals surface area (Å²) in [7, 11) is 0. The Labute approximate surface area is 110 Å². The first-order chi connectivity index (χ1) is 8.19. The molecule has 0 aliphatic rings. The van der Waals surface area contributed by atoms with E-state index in [4.69, 9.17) is 5.73 Å². The van der Waals surface area contributed by atoms with Crippen LogP contribution in [0, 0.1) is 0 Å². The highest BCUT2D eigenvalue weighted by molar-refractivity contribution is 8.01. The quantitative estimate of drug-likeness (QED) is 0.678. The van der Waals surface area contributed by atoms with Gasteiger partial charge in [-0.05, 0) is 36.2 Å². The number of nitrogen functional groups attached to an aromatic ring is 1. The van der Waals surface area contributed by atoms with Crippen molar-refractivity contribution in [3.8, 4) is 0 Å². The van der Waals surface area contributed by atoms with Gasteiger partial charge in [-0.3, -0.25) is 0 Å². The van der Waals surface area contributed by atoms with Crippen molar-refractivity contribution in [1.82, 2.24) is 9.36 Å². The van der Waals surface area contributed by atoms with Crippen molar-refractivity contribution in [3.63, 3.8) is 0 Å². The van der Waals surface area contributed by atoms with Gasteiger partial charge in [0.2, 0.25) is 0 Å². The Bertz CT molecular complexity index is 496. The number of thioether (sulfide) groups is 1. The fourth-order valence-corrected chi connectivity index (χ4v) is 3.42. The summed E-state index contributed by atoms with van der Waals surface area (Å²) >= 11 is 3.20. The Morgan fingerprint density at radius 1 is 1.47 bits per heavy atom. The number of aryl methyl sites for hydroxylation is 1. The first-order valence-corrected chi connectivity index (χ1v) is 7.19. The second-order valence-electron chi connectivity index (χ2n) is 3.76. The molecule has 0 spiro atoms. The number of nitrogens with zero attached hydrogens (tertiary/aromatic N) is 2. The van der Waals surface area contributed by atoms with Crippen LogP contribution in [0.1, 0.15) is 30.5 Å². The van der Waals surface area contributed by atoms with E-state index in [1.165, 1.54) is 17.1 Å². The minimum absolute atomic E-state index is 0.344. The van der Waals surface area contributed by atoms with Crippen molar-refractivity contribution in [1.29, 1.82) is 0 Å². The maximum absolute atomic E-state index is 5.78. The predicted octanol–water partition coefficient (Wildman–Crippen LogP) is 3.54. The molecule has 0 saturated heterocycles. The SMILES string of the molecule is CCc1nsc(SC(C)c2cccc(N)c2)n1. The zero-order valence-corrected chi connectivity index (χ0v) is 11.5. The molecule has 1 aromatic heterocycles. The molecule has 0 amide bonds. The van der Waals surface area contributed by atoms with Crippen LogP contribution in [0.3, 0.4) is 0 Å². The molecule has 0 saturated carbocycles. The molecule has 1 atom stereocenters. The second-order valence-corrected chi connectivity index (χ2v) is 6.10. The van der Waals surface area contributed by atoms with Crippen molar-refractivity contribution in [3.05, 3.63) is 35.7 Å². The number of anilines is 1. The van der Waals surface area contributed by atoms with Gasteiger partial charge in [-0.15, -0.1) is 0 Å². The van der Waals surface area contributed by atoms with Crippen LogP contribution in [0.2, 0.25) is 0 Å². The van der Waals surface area contributed by atoms with Crippen LogP contribution >= 0.6 is 23.3 Å². The highest BCUT2D eigenvalue weighted by Crippen LogP contribution is 2.35.